The van der Waals surface area contributed by atoms with Crippen LogP contribution in [0.1, 0.15) is 45.4 Å². The van der Waals surface area contributed by atoms with Crippen molar-refractivity contribution in [2.75, 3.05) is 0 Å². The molecule has 3 aromatic rings. The molecular weight excluding hydrogens is 458 g/mol. The lowest BCUT2D eigenvalue weighted by Crippen LogP contribution is -2.60. The highest BCUT2D eigenvalue weighted by atomic mass is 32.2. The Morgan fingerprint density at radius 3 is 2.53 bits per heavy atom. The smallest absolute Gasteiger partial charge is 0.263 e. The predicted molar refractivity (Wildman–Crippen MR) is 133 cm³/mol. The number of nitrogens with zero attached hydrogens (tertiary/aromatic N) is 2. The molecule has 8 heteroatoms. The van der Waals surface area contributed by atoms with E-state index in [4.69, 9.17) is 4.98 Å². The summed E-state index contributed by atoms with van der Waals surface area (Å²) >= 11 is 4.52. The Labute approximate surface area is 199 Å². The van der Waals surface area contributed by atoms with E-state index in [2.05, 4.69) is 5.32 Å². The van der Waals surface area contributed by atoms with E-state index in [-0.39, 0.29) is 22.3 Å². The molecule has 0 aliphatic heterocycles. The molecule has 4 saturated carbocycles. The first-order valence-corrected chi connectivity index (χ1v) is 14.1. The van der Waals surface area contributed by atoms with Gasteiger partial charge >= 0.3 is 0 Å². The van der Waals surface area contributed by atoms with Crippen LogP contribution in [-0.4, -0.2) is 26.2 Å². The lowest BCUT2D eigenvalue weighted by molar-refractivity contribution is -0.126. The van der Waals surface area contributed by atoms with E-state index >= 15 is 0 Å². The molecule has 0 saturated heterocycles. The van der Waals surface area contributed by atoms with E-state index in [1.807, 2.05) is 29.8 Å². The normalized spacial score (nSPS) is 29.5. The SMILES string of the molecule is CC(Sc1nc2scc(-c3cccs3)c2c(=O)n1C)C(=O)NC12CC3CC(CC(C3)C1)C2. The minimum atomic E-state index is -0.296. The van der Waals surface area contributed by atoms with Gasteiger partial charge in [0.05, 0.1) is 10.6 Å². The lowest BCUT2D eigenvalue weighted by Gasteiger charge is -2.57. The number of aromatic nitrogens is 2. The van der Waals surface area contributed by atoms with E-state index in [0.29, 0.717) is 10.5 Å². The average molecular weight is 486 g/mol. The minimum absolute atomic E-state index is 0.00722. The first-order valence-electron chi connectivity index (χ1n) is 11.4. The number of amides is 1. The van der Waals surface area contributed by atoms with Crippen LogP contribution < -0.4 is 10.9 Å². The highest BCUT2D eigenvalue weighted by molar-refractivity contribution is 8.00. The summed E-state index contributed by atoms with van der Waals surface area (Å²) in [6, 6.07) is 4.03. The summed E-state index contributed by atoms with van der Waals surface area (Å²) in [6.45, 7) is 1.93. The van der Waals surface area contributed by atoms with Crippen molar-refractivity contribution in [3.8, 4) is 10.4 Å². The van der Waals surface area contributed by atoms with Gasteiger partial charge in [0.2, 0.25) is 5.91 Å². The van der Waals surface area contributed by atoms with Crippen LogP contribution in [0.2, 0.25) is 0 Å². The Kier molecular flexibility index (Phi) is 5.04. The van der Waals surface area contributed by atoms with E-state index in [1.54, 1.807) is 23.0 Å². The van der Waals surface area contributed by atoms with Gasteiger partial charge in [0, 0.05) is 28.4 Å². The number of nitrogens with one attached hydrogen (secondary N) is 1. The van der Waals surface area contributed by atoms with Crippen molar-refractivity contribution in [2.24, 2.45) is 24.8 Å². The number of thioether (sulfide) groups is 1. The summed E-state index contributed by atoms with van der Waals surface area (Å²) in [5, 5.41) is 8.49. The Morgan fingerprint density at radius 2 is 1.91 bits per heavy atom. The molecule has 4 bridgehead atoms. The van der Waals surface area contributed by atoms with Crippen LogP contribution in [0, 0.1) is 17.8 Å². The van der Waals surface area contributed by atoms with Gasteiger partial charge in [-0.1, -0.05) is 17.8 Å². The quantitative estimate of drug-likeness (QED) is 0.394. The van der Waals surface area contributed by atoms with Crippen LogP contribution in [0.4, 0.5) is 0 Å². The number of thiophene rings is 2. The zero-order chi connectivity index (χ0) is 22.0. The first kappa shape index (κ1) is 20.9. The molecule has 0 spiro atoms. The van der Waals surface area contributed by atoms with Gasteiger partial charge < -0.3 is 5.32 Å². The van der Waals surface area contributed by atoms with Crippen LogP contribution >= 0.6 is 34.4 Å². The molecule has 4 fully saturated rings. The van der Waals surface area contributed by atoms with Gasteiger partial charge in [0.15, 0.2) is 5.16 Å². The number of hydrogen-bond donors (Lipinski definition) is 1. The van der Waals surface area contributed by atoms with E-state index < -0.39 is 0 Å². The van der Waals surface area contributed by atoms with Crippen LogP contribution in [0.15, 0.2) is 32.8 Å². The molecule has 1 unspecified atom stereocenters. The standard InChI is InChI=1S/C24H27N3O2S3/c1-13(20(28)26-24-9-14-6-15(10-24)8-16(7-14)11-24)32-23-25-21-19(22(29)27(23)2)17(12-31-21)18-4-3-5-30-18/h3-5,12-16H,6-11H2,1-2H3,(H,26,28). The molecule has 1 atom stereocenters. The third-order valence-corrected chi connectivity index (χ3v) is 10.6. The second-order valence-electron chi connectivity index (χ2n) is 10.0. The zero-order valence-electron chi connectivity index (χ0n) is 18.3. The van der Waals surface area contributed by atoms with Gasteiger partial charge in [-0.05, 0) is 74.6 Å². The number of carbonyl (C=O) groups excluding carboxylic acids is 1. The maximum atomic E-state index is 13.2. The van der Waals surface area contributed by atoms with Crippen LogP contribution in [0.5, 0.6) is 0 Å². The van der Waals surface area contributed by atoms with Crippen molar-refractivity contribution in [3.05, 3.63) is 33.2 Å². The third kappa shape index (κ3) is 3.46. The molecule has 0 aromatic carbocycles. The maximum Gasteiger partial charge on any atom is 0.263 e. The van der Waals surface area contributed by atoms with Crippen molar-refractivity contribution < 1.29 is 4.79 Å². The number of rotatable bonds is 5. The summed E-state index contributed by atoms with van der Waals surface area (Å²) in [5.41, 5.74) is 0.917. The van der Waals surface area contributed by atoms with Gasteiger partial charge in [-0.25, -0.2) is 4.98 Å². The lowest BCUT2D eigenvalue weighted by atomic mass is 9.53. The zero-order valence-corrected chi connectivity index (χ0v) is 20.7. The summed E-state index contributed by atoms with van der Waals surface area (Å²) in [4.78, 5) is 33.0. The van der Waals surface area contributed by atoms with Crippen LogP contribution in [0.3, 0.4) is 0 Å². The molecule has 5 nitrogen and oxygen atoms in total. The highest BCUT2D eigenvalue weighted by Crippen LogP contribution is 2.55. The number of hydrogen-bond acceptors (Lipinski definition) is 6. The summed E-state index contributed by atoms with van der Waals surface area (Å²) in [7, 11) is 1.76. The highest BCUT2D eigenvalue weighted by Gasteiger charge is 2.51. The molecule has 1 N–H and O–H groups in total. The second kappa shape index (κ2) is 7.71. The average Bonchev–Trinajstić information content (AvgIpc) is 3.40. The maximum absolute atomic E-state index is 13.2. The Bertz CT molecular complexity index is 1210. The van der Waals surface area contributed by atoms with Gasteiger partial charge in [0.25, 0.3) is 5.56 Å². The molecule has 168 valence electrons. The van der Waals surface area contributed by atoms with Crippen LogP contribution in [-0.2, 0) is 11.8 Å². The van der Waals surface area contributed by atoms with Gasteiger partial charge in [-0.15, -0.1) is 22.7 Å². The Hall–Kier alpha value is -1.64. The van der Waals surface area contributed by atoms with E-state index in [1.165, 1.54) is 42.4 Å². The number of carbonyl (C=O) groups is 1. The largest absolute Gasteiger partial charge is 0.350 e. The summed E-state index contributed by atoms with van der Waals surface area (Å²) < 4.78 is 1.60. The Morgan fingerprint density at radius 1 is 1.22 bits per heavy atom. The molecule has 32 heavy (non-hydrogen) atoms. The molecule has 3 heterocycles. The van der Waals surface area contributed by atoms with Crippen LogP contribution in [0.25, 0.3) is 20.7 Å². The fourth-order valence-electron chi connectivity index (χ4n) is 6.61. The molecule has 4 aliphatic carbocycles. The fourth-order valence-corrected chi connectivity index (χ4v) is 9.29. The van der Waals surface area contributed by atoms with Gasteiger partial charge in [-0.3, -0.25) is 14.2 Å². The molecule has 7 rings (SSSR count). The summed E-state index contributed by atoms with van der Waals surface area (Å²) in [5.74, 6) is 2.47. The minimum Gasteiger partial charge on any atom is -0.350 e. The van der Waals surface area contributed by atoms with E-state index in [0.717, 1.165) is 52.3 Å². The second-order valence-corrected chi connectivity index (χ2v) is 13.1. The van der Waals surface area contributed by atoms with Crippen molar-refractivity contribution >= 4 is 50.6 Å². The molecule has 1 amide bonds. The first-order chi connectivity index (χ1) is 15.4. The van der Waals surface area contributed by atoms with Crippen molar-refractivity contribution in [3.63, 3.8) is 0 Å². The molecule has 4 aliphatic rings. The van der Waals surface area contributed by atoms with E-state index in [9.17, 15) is 9.59 Å². The van der Waals surface area contributed by atoms with Crippen molar-refractivity contribution in [1.29, 1.82) is 0 Å². The van der Waals surface area contributed by atoms with Crippen molar-refractivity contribution in [2.45, 2.75) is 61.4 Å². The molecule has 3 aromatic heterocycles. The predicted octanol–water partition coefficient (Wildman–Crippen LogP) is 5.29. The van der Waals surface area contributed by atoms with Gasteiger partial charge in [0.1, 0.15) is 4.83 Å². The molecule has 0 radical (unpaired) electrons. The summed E-state index contributed by atoms with van der Waals surface area (Å²) in [6.07, 6.45) is 7.52. The molecular formula is C24H27N3O2S3. The van der Waals surface area contributed by atoms with Crippen molar-refractivity contribution in [1.82, 2.24) is 14.9 Å². The topological polar surface area (TPSA) is 64.0 Å². The Balaban J connectivity index is 1.23. The fraction of sp³-hybridized carbons (Fsp3) is 0.542. The third-order valence-electron chi connectivity index (χ3n) is 7.64. The monoisotopic (exact) mass is 485 g/mol. The van der Waals surface area contributed by atoms with Gasteiger partial charge in [-0.2, -0.15) is 0 Å². The number of fused-ring (bicyclic) bond motifs is 1.